The van der Waals surface area contributed by atoms with Crippen molar-refractivity contribution in [3.8, 4) is 5.75 Å². The average molecular weight is 363 g/mol. The van der Waals surface area contributed by atoms with Gasteiger partial charge in [-0.2, -0.15) is 0 Å². The Bertz CT molecular complexity index is 666. The predicted octanol–water partition coefficient (Wildman–Crippen LogP) is 5.09. The molecule has 0 aliphatic carbocycles. The van der Waals surface area contributed by atoms with Gasteiger partial charge in [-0.25, -0.2) is 4.79 Å². The molecule has 1 unspecified atom stereocenters. The zero-order chi connectivity index (χ0) is 16.3. The van der Waals surface area contributed by atoms with Crippen molar-refractivity contribution >= 4 is 21.9 Å². The van der Waals surface area contributed by atoms with Crippen molar-refractivity contribution in [2.24, 2.45) is 0 Å². The summed E-state index contributed by atoms with van der Waals surface area (Å²) in [6.45, 7) is 6.07. The quantitative estimate of drug-likeness (QED) is 0.805. The minimum atomic E-state index is -1.01. The third-order valence-electron chi connectivity index (χ3n) is 3.48. The maximum atomic E-state index is 11.6. The normalized spacial score (nSPS) is 12.2. The van der Waals surface area contributed by atoms with Gasteiger partial charge >= 0.3 is 5.97 Å². The van der Waals surface area contributed by atoms with Gasteiger partial charge in [0, 0.05) is 10.0 Å². The Morgan fingerprint density at radius 2 is 1.82 bits per heavy atom. The summed E-state index contributed by atoms with van der Waals surface area (Å²) in [6.07, 6.45) is -1.01. The van der Waals surface area contributed by atoms with E-state index < -0.39 is 12.1 Å². The molecule has 0 radical (unpaired) electrons. The van der Waals surface area contributed by atoms with Gasteiger partial charge in [-0.05, 0) is 36.1 Å². The number of rotatable bonds is 5. The van der Waals surface area contributed by atoms with Crippen LogP contribution in [0.15, 0.2) is 46.9 Å². The molecular weight excluding hydrogens is 344 g/mol. The first-order chi connectivity index (χ1) is 10.4. The van der Waals surface area contributed by atoms with Crippen molar-refractivity contribution in [1.29, 1.82) is 0 Å². The summed E-state index contributed by atoms with van der Waals surface area (Å²) < 4.78 is 6.87. The molecule has 2 aromatic rings. The molecule has 0 amide bonds. The standard InChI is InChI=1S/C18H19BrO3/c1-11(2)14-10-15(19)12(3)9-16(14)22-17(18(20)21)13-7-5-4-6-8-13/h4-11,17H,1-3H3,(H,20,21). The number of carbonyl (C=O) groups is 1. The van der Waals surface area contributed by atoms with Crippen molar-refractivity contribution in [2.75, 3.05) is 0 Å². The number of hydrogen-bond acceptors (Lipinski definition) is 2. The highest BCUT2D eigenvalue weighted by atomic mass is 79.9. The summed E-state index contributed by atoms with van der Waals surface area (Å²) >= 11 is 3.52. The van der Waals surface area contributed by atoms with Crippen LogP contribution in [0.5, 0.6) is 5.75 Å². The molecule has 2 aromatic carbocycles. The number of carboxylic acids is 1. The molecule has 0 aliphatic rings. The largest absolute Gasteiger partial charge is 0.478 e. The third kappa shape index (κ3) is 3.69. The van der Waals surface area contributed by atoms with Gasteiger partial charge in [0.2, 0.25) is 6.10 Å². The van der Waals surface area contributed by atoms with Gasteiger partial charge in [0.1, 0.15) is 5.75 Å². The first-order valence-corrected chi connectivity index (χ1v) is 7.94. The molecule has 0 aromatic heterocycles. The number of benzene rings is 2. The third-order valence-corrected chi connectivity index (χ3v) is 4.34. The lowest BCUT2D eigenvalue weighted by Crippen LogP contribution is -2.19. The number of carboxylic acid groups (broad SMARTS) is 1. The van der Waals surface area contributed by atoms with Crippen molar-refractivity contribution < 1.29 is 14.6 Å². The van der Waals surface area contributed by atoms with Crippen LogP contribution in [-0.4, -0.2) is 11.1 Å². The molecule has 0 saturated heterocycles. The van der Waals surface area contributed by atoms with E-state index in [1.165, 1.54) is 0 Å². The maximum absolute atomic E-state index is 11.6. The van der Waals surface area contributed by atoms with Crippen LogP contribution in [0, 0.1) is 6.92 Å². The summed E-state index contributed by atoms with van der Waals surface area (Å²) in [6, 6.07) is 12.9. The number of hydrogen-bond donors (Lipinski definition) is 1. The first-order valence-electron chi connectivity index (χ1n) is 7.14. The van der Waals surface area contributed by atoms with Gasteiger partial charge in [0.25, 0.3) is 0 Å². The van der Waals surface area contributed by atoms with Crippen LogP contribution < -0.4 is 4.74 Å². The molecule has 1 atom stereocenters. The molecule has 0 saturated carbocycles. The van der Waals surface area contributed by atoms with Crippen LogP contribution >= 0.6 is 15.9 Å². The second-order valence-corrected chi connectivity index (χ2v) is 6.40. The van der Waals surface area contributed by atoms with Crippen LogP contribution in [0.4, 0.5) is 0 Å². The molecule has 0 bridgehead atoms. The van der Waals surface area contributed by atoms with Gasteiger partial charge in [0.05, 0.1) is 0 Å². The second kappa shape index (κ2) is 6.97. The molecule has 0 spiro atoms. The zero-order valence-electron chi connectivity index (χ0n) is 12.8. The van der Waals surface area contributed by atoms with Crippen molar-refractivity contribution in [3.05, 3.63) is 63.6 Å². The highest BCUT2D eigenvalue weighted by Crippen LogP contribution is 2.34. The molecular formula is C18H19BrO3. The van der Waals surface area contributed by atoms with Crippen LogP contribution in [0.1, 0.15) is 42.6 Å². The van der Waals surface area contributed by atoms with Crippen molar-refractivity contribution in [3.63, 3.8) is 0 Å². The number of halogens is 1. The van der Waals surface area contributed by atoms with Crippen LogP contribution in [-0.2, 0) is 4.79 Å². The number of ether oxygens (including phenoxy) is 1. The van der Waals surface area contributed by atoms with Gasteiger partial charge in [-0.15, -0.1) is 0 Å². The van der Waals surface area contributed by atoms with E-state index in [1.54, 1.807) is 12.1 Å². The lowest BCUT2D eigenvalue weighted by molar-refractivity contribution is -0.145. The maximum Gasteiger partial charge on any atom is 0.349 e. The Balaban J connectivity index is 2.43. The van der Waals surface area contributed by atoms with E-state index in [4.69, 9.17) is 4.74 Å². The van der Waals surface area contributed by atoms with E-state index >= 15 is 0 Å². The van der Waals surface area contributed by atoms with Gasteiger partial charge in [-0.3, -0.25) is 0 Å². The molecule has 22 heavy (non-hydrogen) atoms. The number of aryl methyl sites for hydroxylation is 1. The highest BCUT2D eigenvalue weighted by molar-refractivity contribution is 9.10. The first kappa shape index (κ1) is 16.6. The molecule has 116 valence electrons. The Labute approximate surface area is 139 Å². The lowest BCUT2D eigenvalue weighted by Gasteiger charge is -2.20. The van der Waals surface area contributed by atoms with Crippen LogP contribution in [0.3, 0.4) is 0 Å². The molecule has 0 aliphatic heterocycles. The average Bonchev–Trinajstić information content (AvgIpc) is 2.48. The SMILES string of the molecule is Cc1cc(OC(C(=O)O)c2ccccc2)c(C(C)C)cc1Br. The fraction of sp³-hybridized carbons (Fsp3) is 0.278. The summed E-state index contributed by atoms with van der Waals surface area (Å²) in [5.74, 6) is -0.148. The van der Waals surface area contributed by atoms with E-state index in [9.17, 15) is 9.90 Å². The Kier molecular flexibility index (Phi) is 5.24. The van der Waals surface area contributed by atoms with Gasteiger partial charge in [0.15, 0.2) is 0 Å². The van der Waals surface area contributed by atoms with E-state index in [0.717, 1.165) is 15.6 Å². The lowest BCUT2D eigenvalue weighted by atomic mass is 10.00. The van der Waals surface area contributed by atoms with E-state index in [2.05, 4.69) is 29.8 Å². The predicted molar refractivity (Wildman–Crippen MR) is 90.4 cm³/mol. The van der Waals surface area contributed by atoms with E-state index in [1.807, 2.05) is 37.3 Å². The minimum absolute atomic E-state index is 0.233. The fourth-order valence-corrected chi connectivity index (χ4v) is 2.60. The Hall–Kier alpha value is -1.81. The molecule has 0 heterocycles. The van der Waals surface area contributed by atoms with Crippen LogP contribution in [0.25, 0.3) is 0 Å². The van der Waals surface area contributed by atoms with Crippen molar-refractivity contribution in [2.45, 2.75) is 32.8 Å². The molecule has 2 rings (SSSR count). The van der Waals surface area contributed by atoms with Crippen molar-refractivity contribution in [1.82, 2.24) is 0 Å². The van der Waals surface area contributed by atoms with Gasteiger partial charge < -0.3 is 9.84 Å². The summed E-state index contributed by atoms with van der Waals surface area (Å²) in [5, 5.41) is 9.51. The Morgan fingerprint density at radius 1 is 1.18 bits per heavy atom. The van der Waals surface area contributed by atoms with E-state index in [-0.39, 0.29) is 5.92 Å². The smallest absolute Gasteiger partial charge is 0.349 e. The highest BCUT2D eigenvalue weighted by Gasteiger charge is 2.23. The number of aliphatic carboxylic acids is 1. The molecule has 3 nitrogen and oxygen atoms in total. The zero-order valence-corrected chi connectivity index (χ0v) is 14.4. The second-order valence-electron chi connectivity index (χ2n) is 5.54. The minimum Gasteiger partial charge on any atom is -0.478 e. The summed E-state index contributed by atoms with van der Waals surface area (Å²) in [5.41, 5.74) is 2.63. The van der Waals surface area contributed by atoms with E-state index in [0.29, 0.717) is 11.3 Å². The fourth-order valence-electron chi connectivity index (χ4n) is 2.24. The summed E-state index contributed by atoms with van der Waals surface area (Å²) in [4.78, 5) is 11.6. The topological polar surface area (TPSA) is 46.5 Å². The molecule has 4 heteroatoms. The van der Waals surface area contributed by atoms with Crippen LogP contribution in [0.2, 0.25) is 0 Å². The molecule has 0 fully saturated rings. The Morgan fingerprint density at radius 3 is 2.36 bits per heavy atom. The molecule has 1 N–H and O–H groups in total. The van der Waals surface area contributed by atoms with Gasteiger partial charge in [-0.1, -0.05) is 60.1 Å². The summed E-state index contributed by atoms with van der Waals surface area (Å²) in [7, 11) is 0. The monoisotopic (exact) mass is 362 g/mol.